The van der Waals surface area contributed by atoms with Crippen LogP contribution >= 0.6 is 11.8 Å². The van der Waals surface area contributed by atoms with Crippen LogP contribution in [-0.2, 0) is 17.6 Å². The van der Waals surface area contributed by atoms with E-state index in [0.717, 1.165) is 33.9 Å². The van der Waals surface area contributed by atoms with Crippen LogP contribution < -0.4 is 5.32 Å². The lowest BCUT2D eigenvalue weighted by molar-refractivity contribution is -0.118. The molecule has 2 heterocycles. The summed E-state index contributed by atoms with van der Waals surface area (Å²) in [6.07, 6.45) is 9.29. The Morgan fingerprint density at radius 2 is 2.12 bits per heavy atom. The number of carbonyl (C=O) groups is 2. The number of hydrogen-bond donors (Lipinski definition) is 3. The number of aromatic nitrogens is 1. The van der Waals surface area contributed by atoms with Gasteiger partial charge in [0.15, 0.2) is 0 Å². The lowest BCUT2D eigenvalue weighted by atomic mass is 9.88. The van der Waals surface area contributed by atoms with E-state index < -0.39 is 5.60 Å². The van der Waals surface area contributed by atoms with Gasteiger partial charge in [-0.05, 0) is 35.6 Å². The van der Waals surface area contributed by atoms with E-state index in [-0.39, 0.29) is 16.4 Å². The molecule has 1 aliphatic heterocycles. The standard InChI is InChI=1S/C19H18N2O3S/c22-17-16(25-18(23)21-17)10-14-9-13-8-12(4-5-15(13)20-14)11-19(24)6-2-1-3-7-19/h1-6,8-9,16,20,24H,7,10-11H2,(H,21,22,23). The van der Waals surface area contributed by atoms with Gasteiger partial charge in [0.2, 0.25) is 5.91 Å². The Morgan fingerprint density at radius 1 is 1.24 bits per heavy atom. The zero-order chi connectivity index (χ0) is 17.4. The molecule has 2 atom stereocenters. The van der Waals surface area contributed by atoms with Gasteiger partial charge in [-0.2, -0.15) is 0 Å². The summed E-state index contributed by atoms with van der Waals surface area (Å²) in [4.78, 5) is 26.3. The smallest absolute Gasteiger partial charge is 0.286 e. The normalized spacial score (nSPS) is 25.7. The first-order chi connectivity index (χ1) is 12.0. The fourth-order valence-electron chi connectivity index (χ4n) is 3.33. The van der Waals surface area contributed by atoms with Gasteiger partial charge >= 0.3 is 0 Å². The van der Waals surface area contributed by atoms with Crippen molar-refractivity contribution in [1.29, 1.82) is 0 Å². The van der Waals surface area contributed by atoms with E-state index in [4.69, 9.17) is 0 Å². The van der Waals surface area contributed by atoms with Crippen molar-refractivity contribution in [2.45, 2.75) is 30.1 Å². The number of allylic oxidation sites excluding steroid dienone is 2. The van der Waals surface area contributed by atoms with Crippen molar-refractivity contribution >= 4 is 33.8 Å². The monoisotopic (exact) mass is 354 g/mol. The van der Waals surface area contributed by atoms with Crippen LogP contribution in [0.4, 0.5) is 4.79 Å². The first-order valence-corrected chi connectivity index (χ1v) is 9.07. The predicted molar refractivity (Wildman–Crippen MR) is 98.5 cm³/mol. The molecule has 1 saturated heterocycles. The Morgan fingerprint density at radius 3 is 2.84 bits per heavy atom. The zero-order valence-electron chi connectivity index (χ0n) is 13.5. The Labute approximate surface area is 149 Å². The number of imide groups is 1. The maximum absolute atomic E-state index is 11.7. The fraction of sp³-hybridized carbons (Fsp3) is 0.263. The van der Waals surface area contributed by atoms with Crippen LogP contribution in [0.15, 0.2) is 48.6 Å². The molecule has 0 spiro atoms. The topological polar surface area (TPSA) is 82.2 Å². The van der Waals surface area contributed by atoms with Crippen LogP contribution in [0.3, 0.4) is 0 Å². The molecule has 6 heteroatoms. The van der Waals surface area contributed by atoms with Crippen molar-refractivity contribution in [3.63, 3.8) is 0 Å². The number of H-pyrrole nitrogens is 1. The van der Waals surface area contributed by atoms with E-state index >= 15 is 0 Å². The molecular weight excluding hydrogens is 336 g/mol. The molecule has 3 N–H and O–H groups in total. The van der Waals surface area contributed by atoms with Crippen molar-refractivity contribution in [1.82, 2.24) is 10.3 Å². The predicted octanol–water partition coefficient (Wildman–Crippen LogP) is 2.85. The van der Waals surface area contributed by atoms with Gasteiger partial charge < -0.3 is 10.1 Å². The molecule has 128 valence electrons. The van der Waals surface area contributed by atoms with Crippen LogP contribution in [0.5, 0.6) is 0 Å². The van der Waals surface area contributed by atoms with Gasteiger partial charge in [-0.15, -0.1) is 0 Å². The number of amides is 2. The van der Waals surface area contributed by atoms with Crippen molar-refractivity contribution in [3.8, 4) is 0 Å². The lowest BCUT2D eigenvalue weighted by Gasteiger charge is -2.25. The maximum Gasteiger partial charge on any atom is 0.286 e. The van der Waals surface area contributed by atoms with Gasteiger partial charge in [-0.25, -0.2) is 0 Å². The maximum atomic E-state index is 11.7. The second kappa shape index (κ2) is 6.20. The molecule has 2 aliphatic rings. The van der Waals surface area contributed by atoms with Gasteiger partial charge in [-0.3, -0.25) is 14.9 Å². The first-order valence-electron chi connectivity index (χ1n) is 8.20. The summed E-state index contributed by atoms with van der Waals surface area (Å²) in [5.41, 5.74) is 2.14. The summed E-state index contributed by atoms with van der Waals surface area (Å²) >= 11 is 1.04. The average Bonchev–Trinajstić information content (AvgIpc) is 3.09. The number of fused-ring (bicyclic) bond motifs is 1. The molecule has 5 nitrogen and oxygen atoms in total. The summed E-state index contributed by atoms with van der Waals surface area (Å²) < 4.78 is 0. The van der Waals surface area contributed by atoms with Gasteiger partial charge in [0.25, 0.3) is 5.24 Å². The largest absolute Gasteiger partial charge is 0.385 e. The number of benzene rings is 1. The minimum Gasteiger partial charge on any atom is -0.385 e. The highest BCUT2D eigenvalue weighted by Gasteiger charge is 2.32. The minimum atomic E-state index is -0.833. The summed E-state index contributed by atoms with van der Waals surface area (Å²) in [5.74, 6) is -0.228. The second-order valence-electron chi connectivity index (χ2n) is 6.58. The minimum absolute atomic E-state index is 0.228. The highest BCUT2D eigenvalue weighted by molar-refractivity contribution is 8.15. The number of aliphatic hydroxyl groups is 1. The Hall–Kier alpha value is -2.31. The average molecular weight is 354 g/mol. The van der Waals surface area contributed by atoms with Gasteiger partial charge in [0.1, 0.15) is 0 Å². The molecular formula is C19H18N2O3S. The van der Waals surface area contributed by atoms with E-state index in [2.05, 4.69) is 16.4 Å². The van der Waals surface area contributed by atoms with Crippen LogP contribution in [0, 0.1) is 0 Å². The molecule has 4 rings (SSSR count). The second-order valence-corrected chi connectivity index (χ2v) is 7.75. The Bertz CT molecular complexity index is 915. The number of hydrogen-bond acceptors (Lipinski definition) is 4. The van der Waals surface area contributed by atoms with E-state index in [1.165, 1.54) is 0 Å². The third kappa shape index (κ3) is 3.41. The molecule has 2 aromatic rings. The molecule has 0 bridgehead atoms. The fourth-order valence-corrected chi connectivity index (χ4v) is 4.17. The van der Waals surface area contributed by atoms with Crippen molar-refractivity contribution in [2.24, 2.45) is 0 Å². The third-order valence-electron chi connectivity index (χ3n) is 4.55. The van der Waals surface area contributed by atoms with Crippen LogP contribution in [-0.4, -0.2) is 32.1 Å². The zero-order valence-corrected chi connectivity index (χ0v) is 14.3. The Kier molecular flexibility index (Phi) is 4.01. The molecule has 25 heavy (non-hydrogen) atoms. The van der Waals surface area contributed by atoms with Gasteiger partial charge in [-0.1, -0.05) is 42.1 Å². The molecule has 0 radical (unpaired) electrons. The third-order valence-corrected chi connectivity index (χ3v) is 5.53. The summed E-state index contributed by atoms with van der Waals surface area (Å²) in [6.45, 7) is 0. The number of aromatic amines is 1. The molecule has 1 aromatic heterocycles. The van der Waals surface area contributed by atoms with E-state index in [1.54, 1.807) is 0 Å². The summed E-state index contributed by atoms with van der Waals surface area (Å²) in [5, 5.41) is 13.3. The number of rotatable bonds is 4. The molecule has 2 unspecified atom stereocenters. The molecule has 2 amide bonds. The van der Waals surface area contributed by atoms with E-state index in [9.17, 15) is 14.7 Å². The molecule has 1 aromatic carbocycles. The number of nitrogens with one attached hydrogen (secondary N) is 2. The van der Waals surface area contributed by atoms with Gasteiger partial charge in [0, 0.05) is 24.1 Å². The van der Waals surface area contributed by atoms with Gasteiger partial charge in [0.05, 0.1) is 10.9 Å². The molecule has 1 fully saturated rings. The van der Waals surface area contributed by atoms with Crippen molar-refractivity contribution < 1.29 is 14.7 Å². The quantitative estimate of drug-likeness (QED) is 0.788. The van der Waals surface area contributed by atoms with Crippen molar-refractivity contribution in [3.05, 3.63) is 59.8 Å². The van der Waals surface area contributed by atoms with Crippen LogP contribution in [0.2, 0.25) is 0 Å². The number of carbonyl (C=O) groups excluding carboxylic acids is 2. The van der Waals surface area contributed by atoms with Crippen LogP contribution in [0.1, 0.15) is 17.7 Å². The first kappa shape index (κ1) is 16.2. The highest BCUT2D eigenvalue weighted by atomic mass is 32.2. The lowest BCUT2D eigenvalue weighted by Crippen LogP contribution is -2.29. The Balaban J connectivity index is 1.53. The molecule has 0 saturated carbocycles. The SMILES string of the molecule is O=C1NC(=O)C(Cc2cc3cc(CC4(O)C=CC=CC4)ccc3[nH]2)S1. The number of thioether (sulfide) groups is 1. The highest BCUT2D eigenvalue weighted by Crippen LogP contribution is 2.27. The molecule has 1 aliphatic carbocycles. The summed E-state index contributed by atoms with van der Waals surface area (Å²) in [7, 11) is 0. The van der Waals surface area contributed by atoms with Crippen LogP contribution in [0.25, 0.3) is 10.9 Å². The van der Waals surface area contributed by atoms with Crippen molar-refractivity contribution in [2.75, 3.05) is 0 Å². The van der Waals surface area contributed by atoms with E-state index in [1.807, 2.05) is 42.5 Å². The summed E-state index contributed by atoms with van der Waals surface area (Å²) in [6, 6.07) is 8.07. The van der Waals surface area contributed by atoms with E-state index in [0.29, 0.717) is 19.3 Å².